The molecule has 0 spiro atoms. The Morgan fingerprint density at radius 2 is 2.12 bits per heavy atom. The summed E-state index contributed by atoms with van der Waals surface area (Å²) >= 11 is 0. The number of hydrogen-bond donors (Lipinski definition) is 2. The second-order valence-electron chi connectivity index (χ2n) is 3.75. The highest BCUT2D eigenvalue weighted by molar-refractivity contribution is 5.39. The van der Waals surface area contributed by atoms with Crippen molar-refractivity contribution in [2.75, 3.05) is 13.2 Å². The van der Waals surface area contributed by atoms with Crippen molar-refractivity contribution in [2.24, 2.45) is 0 Å². The third-order valence-electron chi connectivity index (χ3n) is 2.38. The lowest BCUT2D eigenvalue weighted by Gasteiger charge is -2.09. The van der Waals surface area contributed by atoms with Crippen LogP contribution in [-0.4, -0.2) is 18.3 Å². The van der Waals surface area contributed by atoms with Crippen LogP contribution in [-0.2, 0) is 6.54 Å². The normalized spacial score (nSPS) is 10.4. The van der Waals surface area contributed by atoms with E-state index in [9.17, 15) is 5.11 Å². The van der Waals surface area contributed by atoms with Gasteiger partial charge in [0.05, 0.1) is 6.61 Å². The minimum atomic E-state index is 0.326. The van der Waals surface area contributed by atoms with Gasteiger partial charge in [0.15, 0.2) is 0 Å². The minimum absolute atomic E-state index is 0.326. The van der Waals surface area contributed by atoms with Crippen LogP contribution in [0.1, 0.15) is 32.3 Å². The second kappa shape index (κ2) is 7.12. The number of phenolic OH excluding ortho intramolecular Hbond substituents is 1. The molecule has 3 heteroatoms. The number of nitrogens with one attached hydrogen (secondary N) is 1. The highest BCUT2D eigenvalue weighted by Crippen LogP contribution is 2.22. The molecule has 0 heterocycles. The number of phenols is 1. The zero-order chi connectivity index (χ0) is 11.8. The number of benzene rings is 1. The van der Waals surface area contributed by atoms with Crippen molar-refractivity contribution in [3.63, 3.8) is 0 Å². The molecule has 0 fully saturated rings. The Balaban J connectivity index is 2.52. The van der Waals surface area contributed by atoms with Gasteiger partial charge >= 0.3 is 0 Å². The fourth-order valence-corrected chi connectivity index (χ4v) is 1.48. The Morgan fingerprint density at radius 3 is 2.81 bits per heavy atom. The van der Waals surface area contributed by atoms with Crippen molar-refractivity contribution in [1.82, 2.24) is 5.32 Å². The molecule has 90 valence electrons. The maximum Gasteiger partial charge on any atom is 0.120 e. The van der Waals surface area contributed by atoms with Crippen LogP contribution >= 0.6 is 0 Å². The van der Waals surface area contributed by atoms with Crippen molar-refractivity contribution >= 4 is 0 Å². The lowest BCUT2D eigenvalue weighted by Crippen LogP contribution is -2.14. The summed E-state index contributed by atoms with van der Waals surface area (Å²) in [6.45, 7) is 6.43. The Bertz CT molecular complexity index is 313. The quantitative estimate of drug-likeness (QED) is 0.698. The van der Waals surface area contributed by atoms with E-state index < -0.39 is 0 Å². The molecule has 0 saturated carbocycles. The number of rotatable bonds is 7. The van der Waals surface area contributed by atoms with E-state index in [0.29, 0.717) is 18.9 Å². The maximum atomic E-state index is 9.66. The standard InChI is InChI=1S/C13H21NO2/c1-3-5-8-14-10-11-9-12(16-4-2)6-7-13(11)15/h6-7,9,14-15H,3-5,8,10H2,1-2H3. The van der Waals surface area contributed by atoms with E-state index in [1.54, 1.807) is 12.1 Å². The summed E-state index contributed by atoms with van der Waals surface area (Å²) < 4.78 is 5.39. The molecule has 0 aromatic heterocycles. The van der Waals surface area contributed by atoms with Crippen molar-refractivity contribution in [2.45, 2.75) is 33.2 Å². The molecule has 0 atom stereocenters. The summed E-state index contributed by atoms with van der Waals surface area (Å²) in [5, 5.41) is 13.0. The first-order chi connectivity index (χ1) is 7.77. The fourth-order valence-electron chi connectivity index (χ4n) is 1.48. The molecule has 2 N–H and O–H groups in total. The Labute approximate surface area is 97.4 Å². The Morgan fingerprint density at radius 1 is 1.31 bits per heavy atom. The van der Waals surface area contributed by atoms with Gasteiger partial charge in [-0.1, -0.05) is 13.3 Å². The molecule has 1 aromatic carbocycles. The van der Waals surface area contributed by atoms with Gasteiger partial charge in [-0.2, -0.15) is 0 Å². The summed E-state index contributed by atoms with van der Waals surface area (Å²) in [4.78, 5) is 0. The first kappa shape index (κ1) is 12.8. The molecule has 0 radical (unpaired) electrons. The molecule has 0 aliphatic carbocycles. The largest absolute Gasteiger partial charge is 0.508 e. The van der Waals surface area contributed by atoms with Crippen LogP contribution in [0.25, 0.3) is 0 Å². The number of ether oxygens (including phenoxy) is 1. The van der Waals surface area contributed by atoms with Gasteiger partial charge in [0.2, 0.25) is 0 Å². The molecule has 3 nitrogen and oxygen atoms in total. The molecule has 0 saturated heterocycles. The zero-order valence-corrected chi connectivity index (χ0v) is 10.1. The van der Waals surface area contributed by atoms with Gasteiger partial charge in [-0.05, 0) is 38.1 Å². The highest BCUT2D eigenvalue weighted by atomic mass is 16.5. The maximum absolute atomic E-state index is 9.66. The van der Waals surface area contributed by atoms with Gasteiger partial charge in [-0.15, -0.1) is 0 Å². The first-order valence-corrected chi connectivity index (χ1v) is 5.93. The topological polar surface area (TPSA) is 41.5 Å². The van der Waals surface area contributed by atoms with Crippen molar-refractivity contribution in [1.29, 1.82) is 0 Å². The predicted molar refractivity (Wildman–Crippen MR) is 65.9 cm³/mol. The zero-order valence-electron chi connectivity index (χ0n) is 10.1. The van der Waals surface area contributed by atoms with E-state index in [1.807, 2.05) is 13.0 Å². The summed E-state index contributed by atoms with van der Waals surface area (Å²) in [5.41, 5.74) is 0.891. The van der Waals surface area contributed by atoms with E-state index >= 15 is 0 Å². The summed E-state index contributed by atoms with van der Waals surface area (Å²) in [6.07, 6.45) is 2.34. The summed E-state index contributed by atoms with van der Waals surface area (Å²) in [6, 6.07) is 5.36. The van der Waals surface area contributed by atoms with Gasteiger partial charge in [0.25, 0.3) is 0 Å². The van der Waals surface area contributed by atoms with Crippen molar-refractivity contribution < 1.29 is 9.84 Å². The molecule has 0 aliphatic rings. The number of hydrogen-bond acceptors (Lipinski definition) is 3. The van der Waals surface area contributed by atoms with Crippen LogP contribution in [0.3, 0.4) is 0 Å². The fraction of sp³-hybridized carbons (Fsp3) is 0.538. The van der Waals surface area contributed by atoms with Crippen LogP contribution in [0.15, 0.2) is 18.2 Å². The van der Waals surface area contributed by atoms with Gasteiger partial charge in [0.1, 0.15) is 11.5 Å². The number of unbranched alkanes of at least 4 members (excludes halogenated alkanes) is 1. The van der Waals surface area contributed by atoms with Gasteiger partial charge < -0.3 is 15.2 Å². The average Bonchev–Trinajstić information content (AvgIpc) is 2.29. The summed E-state index contributed by atoms with van der Waals surface area (Å²) in [7, 11) is 0. The van der Waals surface area contributed by atoms with E-state index in [4.69, 9.17) is 4.74 Å². The van der Waals surface area contributed by atoms with E-state index in [1.165, 1.54) is 6.42 Å². The Hall–Kier alpha value is -1.22. The lowest BCUT2D eigenvalue weighted by atomic mass is 10.2. The predicted octanol–water partition coefficient (Wildman–Crippen LogP) is 2.68. The molecule has 16 heavy (non-hydrogen) atoms. The van der Waals surface area contributed by atoms with E-state index in [0.717, 1.165) is 24.3 Å². The molecule has 1 aromatic rings. The summed E-state index contributed by atoms with van der Waals surface area (Å²) in [5.74, 6) is 1.14. The molecular weight excluding hydrogens is 202 g/mol. The lowest BCUT2D eigenvalue weighted by molar-refractivity contribution is 0.338. The van der Waals surface area contributed by atoms with Crippen molar-refractivity contribution in [3.8, 4) is 11.5 Å². The first-order valence-electron chi connectivity index (χ1n) is 5.93. The van der Waals surface area contributed by atoms with Gasteiger partial charge in [-0.3, -0.25) is 0 Å². The molecule has 0 bridgehead atoms. The van der Waals surface area contributed by atoms with Gasteiger partial charge in [0, 0.05) is 12.1 Å². The van der Waals surface area contributed by atoms with E-state index in [-0.39, 0.29) is 0 Å². The van der Waals surface area contributed by atoms with E-state index in [2.05, 4.69) is 12.2 Å². The smallest absolute Gasteiger partial charge is 0.120 e. The average molecular weight is 223 g/mol. The number of aromatic hydroxyl groups is 1. The Kier molecular flexibility index (Phi) is 5.72. The highest BCUT2D eigenvalue weighted by Gasteiger charge is 2.02. The molecule has 1 rings (SSSR count). The molecule has 0 amide bonds. The molecular formula is C13H21NO2. The molecule has 0 unspecified atom stereocenters. The van der Waals surface area contributed by atoms with Crippen LogP contribution in [0.5, 0.6) is 11.5 Å². The third-order valence-corrected chi connectivity index (χ3v) is 2.38. The molecule has 0 aliphatic heterocycles. The second-order valence-corrected chi connectivity index (χ2v) is 3.75. The minimum Gasteiger partial charge on any atom is -0.508 e. The van der Waals surface area contributed by atoms with Crippen molar-refractivity contribution in [3.05, 3.63) is 23.8 Å². The third kappa shape index (κ3) is 4.11. The van der Waals surface area contributed by atoms with Crippen LogP contribution in [0.4, 0.5) is 0 Å². The SMILES string of the molecule is CCCCNCc1cc(OCC)ccc1O. The monoisotopic (exact) mass is 223 g/mol. The van der Waals surface area contributed by atoms with Crippen LogP contribution in [0.2, 0.25) is 0 Å². The van der Waals surface area contributed by atoms with Crippen LogP contribution in [0, 0.1) is 0 Å². The van der Waals surface area contributed by atoms with Gasteiger partial charge in [-0.25, -0.2) is 0 Å². The van der Waals surface area contributed by atoms with Crippen LogP contribution < -0.4 is 10.1 Å².